The third-order valence-electron chi connectivity index (χ3n) is 7.92. The molecule has 1 heterocycles. The van der Waals surface area contributed by atoms with Gasteiger partial charge in [0.1, 0.15) is 0 Å². The van der Waals surface area contributed by atoms with E-state index in [9.17, 15) is 31.5 Å². The highest BCUT2D eigenvalue weighted by atomic mass is 35.5. The number of carbonyl (C=O) groups excluding carboxylic acids is 1. The van der Waals surface area contributed by atoms with Gasteiger partial charge in [-0.1, -0.05) is 18.5 Å². The molecular weight excluding hydrogens is 541 g/mol. The highest BCUT2D eigenvalue weighted by Crippen LogP contribution is 2.59. The number of hydrogen-bond acceptors (Lipinski definition) is 5. The van der Waals surface area contributed by atoms with E-state index < -0.39 is 44.0 Å². The van der Waals surface area contributed by atoms with Crippen molar-refractivity contribution in [1.29, 1.82) is 0 Å². The van der Waals surface area contributed by atoms with Crippen LogP contribution in [0.5, 0.6) is 0 Å². The number of nitrogens with zero attached hydrogens (tertiary/aromatic N) is 1. The van der Waals surface area contributed by atoms with Gasteiger partial charge in [-0.25, -0.2) is 21.6 Å². The highest BCUT2D eigenvalue weighted by molar-refractivity contribution is 7.92. The molecule has 2 fully saturated rings. The summed E-state index contributed by atoms with van der Waals surface area (Å²) in [4.78, 5) is 16.5. The molecule has 1 aromatic heterocycles. The lowest BCUT2D eigenvalue weighted by atomic mass is 9.70. The Morgan fingerprint density at radius 1 is 1.05 bits per heavy atom. The molecule has 2 saturated carbocycles. The molecule has 6 nitrogen and oxygen atoms in total. The summed E-state index contributed by atoms with van der Waals surface area (Å²) in [6, 6.07) is 8.41. The standard InChI is InChI=1S/C27H24ClF3N2O4S/c1-14-8-17-10-19(13-20(14)27(17,35)16-4-6-32-7-5-16)38(36,37)24-9-15(2-3-21(24)28)26(34)33-18-11-22(29)25(31)23(30)12-18/h2-7,9,11-12,14,17,19-20,35H,8,10,13H2,1H3,(H,33,34)/t14-,17?,19+,20?,27+/m0/s1. The van der Waals surface area contributed by atoms with Gasteiger partial charge >= 0.3 is 0 Å². The zero-order valence-corrected chi connectivity index (χ0v) is 21.7. The number of benzene rings is 2. The SMILES string of the molecule is C[C@H]1CC2C[C@@H](S(=O)(=O)c3cc(C(=O)Nc4cc(F)c(F)c(F)c4)ccc3Cl)CC1[C@@]2(O)c1ccncc1. The number of rotatable bonds is 5. The molecule has 0 aliphatic heterocycles. The molecule has 38 heavy (non-hydrogen) atoms. The number of anilines is 1. The molecule has 3 aromatic rings. The molecule has 0 spiro atoms. The van der Waals surface area contributed by atoms with Gasteiger partial charge in [-0.3, -0.25) is 9.78 Å². The van der Waals surface area contributed by atoms with Crippen LogP contribution in [0, 0.1) is 35.2 Å². The van der Waals surface area contributed by atoms with E-state index in [2.05, 4.69) is 10.3 Å². The van der Waals surface area contributed by atoms with Crippen LogP contribution in [-0.2, 0) is 15.4 Å². The highest BCUT2D eigenvalue weighted by Gasteiger charge is 2.59. The van der Waals surface area contributed by atoms with E-state index in [1.54, 1.807) is 24.5 Å². The fourth-order valence-electron chi connectivity index (χ4n) is 6.11. The Morgan fingerprint density at radius 3 is 2.34 bits per heavy atom. The zero-order valence-electron chi connectivity index (χ0n) is 20.2. The van der Waals surface area contributed by atoms with Gasteiger partial charge in [0.15, 0.2) is 27.3 Å². The number of fused-ring (bicyclic) bond motifs is 2. The van der Waals surface area contributed by atoms with Crippen molar-refractivity contribution in [2.45, 2.75) is 41.9 Å². The average molecular weight is 565 g/mol. The third kappa shape index (κ3) is 4.38. The fraction of sp³-hybridized carbons (Fsp3) is 0.333. The lowest BCUT2D eigenvalue weighted by Gasteiger charge is -2.43. The van der Waals surface area contributed by atoms with Crippen LogP contribution < -0.4 is 5.32 Å². The summed E-state index contributed by atoms with van der Waals surface area (Å²) in [6.45, 7) is 2.00. The Balaban J connectivity index is 1.43. The van der Waals surface area contributed by atoms with Gasteiger partial charge in [0.05, 0.1) is 20.8 Å². The number of aliphatic hydroxyl groups is 1. The summed E-state index contributed by atoms with van der Waals surface area (Å²) in [6.07, 6.45) is 4.29. The van der Waals surface area contributed by atoms with Gasteiger partial charge in [-0.2, -0.15) is 0 Å². The zero-order chi connectivity index (χ0) is 27.4. The van der Waals surface area contributed by atoms with Crippen molar-refractivity contribution in [3.8, 4) is 0 Å². The van der Waals surface area contributed by atoms with Crippen molar-refractivity contribution < 1.29 is 31.5 Å². The van der Waals surface area contributed by atoms with Crippen molar-refractivity contribution in [3.63, 3.8) is 0 Å². The maximum absolute atomic E-state index is 13.8. The van der Waals surface area contributed by atoms with E-state index >= 15 is 0 Å². The Morgan fingerprint density at radius 2 is 1.71 bits per heavy atom. The molecule has 0 radical (unpaired) electrons. The molecule has 1 amide bonds. The summed E-state index contributed by atoms with van der Waals surface area (Å²) >= 11 is 6.28. The molecule has 11 heteroatoms. The first-order chi connectivity index (χ1) is 17.9. The van der Waals surface area contributed by atoms with Gasteiger partial charge in [0.2, 0.25) is 0 Å². The second-order valence-electron chi connectivity index (χ2n) is 10.1. The number of nitrogens with one attached hydrogen (secondary N) is 1. The maximum atomic E-state index is 13.8. The number of amides is 1. The monoisotopic (exact) mass is 564 g/mol. The van der Waals surface area contributed by atoms with E-state index in [4.69, 9.17) is 11.6 Å². The minimum Gasteiger partial charge on any atom is -0.385 e. The molecular formula is C27H24ClF3N2O4S. The first-order valence-corrected chi connectivity index (χ1v) is 14.0. The van der Waals surface area contributed by atoms with Crippen LogP contribution in [-0.4, -0.2) is 29.7 Å². The van der Waals surface area contributed by atoms with Crippen molar-refractivity contribution in [3.05, 3.63) is 88.5 Å². The topological polar surface area (TPSA) is 96.4 Å². The molecule has 2 aliphatic rings. The molecule has 2 aliphatic carbocycles. The summed E-state index contributed by atoms with van der Waals surface area (Å²) in [5.41, 5.74) is -0.898. The molecule has 2 aromatic carbocycles. The third-order valence-corrected chi connectivity index (χ3v) is 10.6. The second-order valence-corrected chi connectivity index (χ2v) is 12.7. The minimum atomic E-state index is -4.03. The summed E-state index contributed by atoms with van der Waals surface area (Å²) in [7, 11) is -4.03. The Hall–Kier alpha value is -2.95. The van der Waals surface area contributed by atoms with Crippen LogP contribution in [0.2, 0.25) is 5.02 Å². The Kier molecular flexibility index (Phi) is 6.77. The minimum absolute atomic E-state index is 0.0733. The van der Waals surface area contributed by atoms with Gasteiger partial charge < -0.3 is 10.4 Å². The molecule has 5 atom stereocenters. The fourth-order valence-corrected chi connectivity index (χ4v) is 8.49. The van der Waals surface area contributed by atoms with E-state index in [0.29, 0.717) is 24.1 Å². The molecule has 2 bridgehead atoms. The summed E-state index contributed by atoms with van der Waals surface area (Å²) in [5.74, 6) is -6.01. The van der Waals surface area contributed by atoms with Gasteiger partial charge in [-0.15, -0.1) is 0 Å². The van der Waals surface area contributed by atoms with Crippen molar-refractivity contribution in [2.24, 2.45) is 17.8 Å². The predicted molar refractivity (Wildman–Crippen MR) is 135 cm³/mol. The normalized spacial score (nSPS) is 26.8. The van der Waals surface area contributed by atoms with E-state index in [1.807, 2.05) is 6.92 Å². The van der Waals surface area contributed by atoms with Crippen LogP contribution in [0.4, 0.5) is 18.9 Å². The first-order valence-electron chi connectivity index (χ1n) is 12.0. The number of pyridine rings is 1. The molecule has 2 unspecified atom stereocenters. The van der Waals surface area contributed by atoms with Crippen molar-refractivity contribution >= 4 is 33.0 Å². The number of carbonyl (C=O) groups is 1. The van der Waals surface area contributed by atoms with E-state index in [-0.39, 0.29) is 51.8 Å². The predicted octanol–water partition coefficient (Wildman–Crippen LogP) is 5.50. The lowest BCUT2D eigenvalue weighted by molar-refractivity contribution is -0.0699. The number of aromatic nitrogens is 1. The first kappa shape index (κ1) is 26.6. The smallest absolute Gasteiger partial charge is 0.255 e. The lowest BCUT2D eigenvalue weighted by Crippen LogP contribution is -2.46. The Bertz CT molecular complexity index is 1500. The van der Waals surface area contributed by atoms with Crippen LogP contribution in [0.1, 0.15) is 42.1 Å². The summed E-state index contributed by atoms with van der Waals surface area (Å²) in [5, 5.41) is 13.1. The quantitative estimate of drug-likeness (QED) is 0.399. The van der Waals surface area contributed by atoms with E-state index in [0.717, 1.165) is 6.07 Å². The Labute approximate surface area is 222 Å². The van der Waals surface area contributed by atoms with Gasteiger partial charge in [0, 0.05) is 35.8 Å². The second kappa shape index (κ2) is 9.66. The van der Waals surface area contributed by atoms with Gasteiger partial charge in [0.25, 0.3) is 5.91 Å². The number of halogens is 4. The van der Waals surface area contributed by atoms with Gasteiger partial charge in [-0.05, 0) is 72.9 Å². The molecule has 0 saturated heterocycles. The number of sulfone groups is 1. The maximum Gasteiger partial charge on any atom is 0.255 e. The van der Waals surface area contributed by atoms with Crippen LogP contribution in [0.25, 0.3) is 0 Å². The van der Waals surface area contributed by atoms with Crippen molar-refractivity contribution in [2.75, 3.05) is 5.32 Å². The molecule has 2 N–H and O–H groups in total. The number of hydrogen-bond donors (Lipinski definition) is 2. The largest absolute Gasteiger partial charge is 0.385 e. The van der Waals surface area contributed by atoms with Crippen molar-refractivity contribution in [1.82, 2.24) is 4.98 Å². The average Bonchev–Trinajstić information content (AvgIpc) is 3.00. The molecule has 5 rings (SSSR count). The summed E-state index contributed by atoms with van der Waals surface area (Å²) < 4.78 is 67.9. The van der Waals surface area contributed by atoms with Crippen LogP contribution in [0.15, 0.2) is 59.8 Å². The molecule has 200 valence electrons. The van der Waals surface area contributed by atoms with Crippen LogP contribution in [0.3, 0.4) is 0 Å². The van der Waals surface area contributed by atoms with E-state index in [1.165, 1.54) is 12.1 Å². The van der Waals surface area contributed by atoms with Crippen LogP contribution >= 0.6 is 11.6 Å².